The van der Waals surface area contributed by atoms with Crippen molar-refractivity contribution in [1.82, 2.24) is 19.8 Å². The van der Waals surface area contributed by atoms with E-state index in [0.717, 1.165) is 109 Å². The van der Waals surface area contributed by atoms with Gasteiger partial charge in [-0.1, -0.05) is 51.0 Å². The molecule has 6 aliphatic heterocycles. The Balaban J connectivity index is 1.07. The van der Waals surface area contributed by atoms with Gasteiger partial charge in [0.05, 0.1) is 48.5 Å². The number of aromatic nitrogens is 2. The first-order valence-corrected chi connectivity index (χ1v) is 23.4. The highest BCUT2D eigenvalue weighted by Crippen LogP contribution is 2.49. The summed E-state index contributed by atoms with van der Waals surface area (Å²) in [6.45, 7) is 8.58. The summed E-state index contributed by atoms with van der Waals surface area (Å²) < 4.78 is 26.3. The Morgan fingerprint density at radius 2 is 1.06 bits per heavy atom. The van der Waals surface area contributed by atoms with E-state index in [9.17, 15) is 0 Å². The topological polar surface area (TPSA) is 103 Å². The number of ketones is 2. The fourth-order valence-electron chi connectivity index (χ4n) is 12.3. The fourth-order valence-corrected chi connectivity index (χ4v) is 12.3. The fraction of sp³-hybridized carbons (Fsp3) is 0.407. The van der Waals surface area contributed by atoms with E-state index in [1.807, 2.05) is 85.2 Å². The molecule has 6 unspecified atom stereocenters. The van der Waals surface area contributed by atoms with E-state index in [0.29, 0.717) is 46.3 Å². The van der Waals surface area contributed by atoms with Crippen molar-refractivity contribution in [1.29, 1.82) is 0 Å². The quantitative estimate of drug-likeness (QED) is 0.118. The zero-order valence-electron chi connectivity index (χ0n) is 37.2. The molecule has 6 aromatic rings. The van der Waals surface area contributed by atoms with Crippen molar-refractivity contribution >= 4 is 33.4 Å². The third-order valence-corrected chi connectivity index (χ3v) is 15.7. The second-order valence-corrected chi connectivity index (χ2v) is 18.7. The van der Waals surface area contributed by atoms with Crippen LogP contribution in [0.25, 0.3) is 21.8 Å². The van der Waals surface area contributed by atoms with Crippen LogP contribution in [0.1, 0.15) is 108 Å². The summed E-state index contributed by atoms with van der Waals surface area (Å²) in [5.74, 6) is 4.15. The Bertz CT molecular complexity index is 2600. The predicted molar refractivity (Wildman–Crippen MR) is 247 cm³/mol. The minimum atomic E-state index is -0.475. The molecule has 64 heavy (non-hydrogen) atoms. The lowest BCUT2D eigenvalue weighted by atomic mass is 9.72. The van der Waals surface area contributed by atoms with Crippen LogP contribution in [0, 0.1) is 23.7 Å². The van der Waals surface area contributed by atoms with Crippen LogP contribution in [0.5, 0.6) is 23.0 Å². The molecule has 4 bridgehead atoms. The summed E-state index contributed by atoms with van der Waals surface area (Å²) in [5.41, 5.74) is 4.87. The van der Waals surface area contributed by atoms with Gasteiger partial charge < -0.3 is 18.9 Å². The van der Waals surface area contributed by atoms with E-state index >= 15 is 9.59 Å². The number of carbonyl (C=O) groups is 2. The molecular weight excluding hydrogens is 801 g/mol. The largest absolute Gasteiger partial charge is 0.497 e. The number of piperidine rings is 6. The number of hydrogen-bond acceptors (Lipinski definition) is 10. The zero-order valence-corrected chi connectivity index (χ0v) is 37.2. The third kappa shape index (κ3) is 6.83. The van der Waals surface area contributed by atoms with Crippen molar-refractivity contribution in [2.45, 2.75) is 76.7 Å². The molecule has 6 saturated heterocycles. The molecule has 13 rings (SSSR count). The highest BCUT2D eigenvalue weighted by molar-refractivity contribution is 6.30. The maximum absolute atomic E-state index is 15.1. The lowest BCUT2D eigenvalue weighted by Crippen LogP contribution is -2.56. The van der Waals surface area contributed by atoms with E-state index in [4.69, 9.17) is 28.9 Å². The second kappa shape index (κ2) is 16.6. The average molecular weight is 857 g/mol. The van der Waals surface area contributed by atoms with Crippen molar-refractivity contribution in [2.75, 3.05) is 40.4 Å². The lowest BCUT2D eigenvalue weighted by Gasteiger charge is -2.52. The molecule has 0 saturated carbocycles. The minimum absolute atomic E-state index is 0.0377. The van der Waals surface area contributed by atoms with Crippen LogP contribution in [-0.2, 0) is 0 Å². The van der Waals surface area contributed by atoms with Crippen LogP contribution in [0.4, 0.5) is 0 Å². The number of hydrogen-bond donors (Lipinski definition) is 0. The Labute approximate surface area is 374 Å². The zero-order chi connectivity index (χ0) is 43.6. The van der Waals surface area contributed by atoms with Crippen molar-refractivity contribution in [3.05, 3.63) is 131 Å². The molecule has 0 amide bonds. The molecule has 10 nitrogen and oxygen atoms in total. The Hall–Kier alpha value is -5.84. The molecule has 328 valence electrons. The molecular formula is C54H56N4O6. The molecule has 2 aromatic heterocycles. The van der Waals surface area contributed by atoms with Gasteiger partial charge in [-0.25, -0.2) is 0 Å². The lowest BCUT2D eigenvalue weighted by molar-refractivity contribution is -0.0493. The second-order valence-electron chi connectivity index (χ2n) is 18.7. The van der Waals surface area contributed by atoms with Crippen molar-refractivity contribution in [3.8, 4) is 23.0 Å². The summed E-state index contributed by atoms with van der Waals surface area (Å²) in [4.78, 5) is 45.0. The van der Waals surface area contributed by atoms with Gasteiger partial charge in [0.2, 0.25) is 0 Å². The van der Waals surface area contributed by atoms with Gasteiger partial charge in [0, 0.05) is 58.5 Å². The molecule has 10 heteroatoms. The number of nitrogens with zero attached hydrogens (tertiary/aromatic N) is 4. The maximum Gasteiger partial charge on any atom is 0.198 e. The molecule has 4 aromatic carbocycles. The first kappa shape index (κ1) is 40.9. The number of ether oxygens (including phenoxy) is 4. The first-order chi connectivity index (χ1) is 31.3. The molecule has 7 aliphatic rings. The molecule has 1 aliphatic carbocycles. The summed E-state index contributed by atoms with van der Waals surface area (Å²) in [6, 6.07) is 27.0. The van der Waals surface area contributed by atoms with Gasteiger partial charge in [0.25, 0.3) is 0 Å². The Morgan fingerprint density at radius 1 is 0.609 bits per heavy atom. The Morgan fingerprint density at radius 3 is 1.45 bits per heavy atom. The first-order valence-electron chi connectivity index (χ1n) is 23.4. The molecule has 0 spiro atoms. The van der Waals surface area contributed by atoms with E-state index in [-0.39, 0.29) is 34.8 Å². The number of rotatable bonds is 12. The van der Waals surface area contributed by atoms with Gasteiger partial charge in [-0.05, 0) is 123 Å². The monoisotopic (exact) mass is 856 g/mol. The number of pyridine rings is 2. The average Bonchev–Trinajstić information content (AvgIpc) is 3.36. The van der Waals surface area contributed by atoms with Crippen LogP contribution in [-0.4, -0.2) is 83.8 Å². The van der Waals surface area contributed by atoms with Gasteiger partial charge in [-0.2, -0.15) is 0 Å². The molecule has 10 atom stereocenters. The molecule has 6 fully saturated rings. The summed E-state index contributed by atoms with van der Waals surface area (Å²) in [7, 11) is 3.35. The highest BCUT2D eigenvalue weighted by atomic mass is 16.5. The maximum atomic E-state index is 15.1. The van der Waals surface area contributed by atoms with Gasteiger partial charge in [0.15, 0.2) is 11.6 Å². The van der Waals surface area contributed by atoms with E-state index < -0.39 is 12.2 Å². The summed E-state index contributed by atoms with van der Waals surface area (Å²) in [5, 5.41) is 1.88. The number of benzene rings is 4. The van der Waals surface area contributed by atoms with Crippen LogP contribution >= 0.6 is 0 Å². The van der Waals surface area contributed by atoms with Gasteiger partial charge in [0.1, 0.15) is 35.2 Å². The molecule has 0 radical (unpaired) electrons. The Kier molecular flexibility index (Phi) is 10.6. The number of fused-ring (bicyclic) bond motifs is 10. The smallest absolute Gasteiger partial charge is 0.198 e. The van der Waals surface area contributed by atoms with Crippen LogP contribution in [0.15, 0.2) is 97.3 Å². The number of carbonyl (C=O) groups excluding carboxylic acids is 2. The van der Waals surface area contributed by atoms with Gasteiger partial charge in [-0.3, -0.25) is 29.4 Å². The van der Waals surface area contributed by atoms with Crippen LogP contribution < -0.4 is 18.9 Å². The summed E-state index contributed by atoms with van der Waals surface area (Å²) >= 11 is 0. The van der Waals surface area contributed by atoms with E-state index in [1.165, 1.54) is 0 Å². The minimum Gasteiger partial charge on any atom is -0.497 e. The normalized spacial score (nSPS) is 26.6. The van der Waals surface area contributed by atoms with E-state index in [1.54, 1.807) is 26.4 Å². The number of methoxy groups -OCH3 is 2. The summed E-state index contributed by atoms with van der Waals surface area (Å²) in [6.07, 6.45) is 9.30. The third-order valence-electron chi connectivity index (χ3n) is 15.7. The molecule has 0 N–H and O–H groups in total. The predicted octanol–water partition coefficient (Wildman–Crippen LogP) is 10.1. The van der Waals surface area contributed by atoms with Crippen molar-refractivity contribution < 1.29 is 28.5 Å². The SMILES string of the molecule is CCC1CN2CC[C@H]1C[C@@H]2C(Oc1ccc(OC(c2ccnc3ccc(OC)cc23)[C@H]2C[C@@H]3CCN2CC3CC)c2c1C(=O)c1ccccc1C2=O)c1ccnc2ccc(OC)cc12. The van der Waals surface area contributed by atoms with E-state index in [2.05, 4.69) is 23.6 Å². The van der Waals surface area contributed by atoms with Crippen LogP contribution in [0.2, 0.25) is 0 Å². The van der Waals surface area contributed by atoms with Crippen molar-refractivity contribution in [3.63, 3.8) is 0 Å². The van der Waals surface area contributed by atoms with Crippen LogP contribution in [0.3, 0.4) is 0 Å². The standard InChI is InChI=1S/C54H56N4O6/c1-5-31-29-57-23-19-33(31)25-45(57)53(39-17-21-55-43-13-11-35(61-3)27-41(39)43)63-47-15-16-48(50-49(47)51(59)37-9-7-8-10-38(37)52(50)60)64-54(46-26-34-20-24-58(46)30-32(34)6-2)40-18-22-56-44-14-12-36(62-4)28-42(40)44/h7-18,21-22,27-28,31-34,45-46,53-54H,5-6,19-20,23-26,29-30H2,1-4H3/t31?,32?,33-,34-,45+,46+,53?,54?/m0/s1. The molecule has 8 heterocycles. The highest BCUT2D eigenvalue weighted by Gasteiger charge is 2.47. The van der Waals surface area contributed by atoms with Crippen molar-refractivity contribution in [2.24, 2.45) is 23.7 Å². The van der Waals surface area contributed by atoms with Gasteiger partial charge >= 0.3 is 0 Å². The van der Waals surface area contributed by atoms with Gasteiger partial charge in [-0.15, -0.1) is 0 Å².